The maximum absolute atomic E-state index is 13.1. The monoisotopic (exact) mass is 521 g/mol. The van der Waals surface area contributed by atoms with Crippen molar-refractivity contribution in [3.8, 4) is 0 Å². The van der Waals surface area contributed by atoms with E-state index in [1.165, 1.54) is 9.80 Å². The standard InChI is InChI=1S/C24H35N5O8/c1-14(2)11-15(22(34)25-12-20(32)28-10-4-6-17(28)24(36)37)26-23(35)16-5-3-9-27(16)21(33)13-29-18(30)7-8-19(29)31/h14-17H,3-13H2,1-2H3,(H,25,34)(H,26,35)(H,36,37)/t15-,16-,17-/m0/s1. The van der Waals surface area contributed by atoms with Crippen molar-refractivity contribution in [2.45, 2.75) is 76.9 Å². The molecule has 3 aliphatic heterocycles. The first-order valence-electron chi connectivity index (χ1n) is 12.7. The molecule has 3 aliphatic rings. The first-order valence-corrected chi connectivity index (χ1v) is 12.7. The van der Waals surface area contributed by atoms with Gasteiger partial charge in [-0.05, 0) is 38.0 Å². The number of rotatable bonds is 10. The lowest BCUT2D eigenvalue weighted by Gasteiger charge is -2.28. The Bertz CT molecular complexity index is 951. The molecule has 3 fully saturated rings. The molecular weight excluding hydrogens is 486 g/mol. The number of carboxylic acids is 1. The van der Waals surface area contributed by atoms with Crippen LogP contribution in [-0.2, 0) is 33.6 Å². The number of likely N-dealkylation sites (tertiary alicyclic amines) is 3. The Morgan fingerprint density at radius 1 is 0.919 bits per heavy atom. The molecule has 3 rings (SSSR count). The van der Waals surface area contributed by atoms with Crippen molar-refractivity contribution < 1.29 is 38.7 Å². The lowest BCUT2D eigenvalue weighted by Crippen LogP contribution is -2.55. The summed E-state index contributed by atoms with van der Waals surface area (Å²) < 4.78 is 0. The van der Waals surface area contributed by atoms with E-state index in [-0.39, 0.29) is 31.7 Å². The number of hydrogen-bond donors (Lipinski definition) is 3. The fourth-order valence-corrected chi connectivity index (χ4v) is 5.04. The minimum Gasteiger partial charge on any atom is -0.480 e. The van der Waals surface area contributed by atoms with Crippen LogP contribution in [0.15, 0.2) is 0 Å². The van der Waals surface area contributed by atoms with Crippen molar-refractivity contribution in [1.29, 1.82) is 0 Å². The molecule has 3 atom stereocenters. The van der Waals surface area contributed by atoms with Gasteiger partial charge in [0.15, 0.2) is 0 Å². The lowest BCUT2D eigenvalue weighted by atomic mass is 10.0. The Morgan fingerprint density at radius 2 is 1.49 bits per heavy atom. The zero-order valence-electron chi connectivity index (χ0n) is 21.2. The third-order valence-corrected chi connectivity index (χ3v) is 6.94. The van der Waals surface area contributed by atoms with Crippen molar-refractivity contribution in [2.24, 2.45) is 5.92 Å². The molecule has 0 aliphatic carbocycles. The summed E-state index contributed by atoms with van der Waals surface area (Å²) in [6.45, 7) is 3.54. The number of aliphatic carboxylic acids is 1. The van der Waals surface area contributed by atoms with Gasteiger partial charge in [0.2, 0.25) is 35.4 Å². The molecule has 0 radical (unpaired) electrons. The number of carboxylic acid groups (broad SMARTS) is 1. The highest BCUT2D eigenvalue weighted by atomic mass is 16.4. The molecule has 13 nitrogen and oxygen atoms in total. The van der Waals surface area contributed by atoms with Gasteiger partial charge in [-0.25, -0.2) is 4.79 Å². The highest BCUT2D eigenvalue weighted by molar-refractivity contribution is 6.05. The van der Waals surface area contributed by atoms with Crippen LogP contribution >= 0.6 is 0 Å². The minimum atomic E-state index is -1.09. The highest BCUT2D eigenvalue weighted by Crippen LogP contribution is 2.21. The first-order chi connectivity index (χ1) is 17.5. The van der Waals surface area contributed by atoms with Crippen LogP contribution in [0.4, 0.5) is 0 Å². The largest absolute Gasteiger partial charge is 0.480 e. The number of nitrogens with zero attached hydrogens (tertiary/aromatic N) is 3. The van der Waals surface area contributed by atoms with E-state index >= 15 is 0 Å². The van der Waals surface area contributed by atoms with E-state index in [0.717, 1.165) is 4.90 Å². The summed E-state index contributed by atoms with van der Waals surface area (Å²) in [5, 5.41) is 14.5. The molecule has 204 valence electrons. The predicted octanol–water partition coefficient (Wildman–Crippen LogP) is -1.15. The van der Waals surface area contributed by atoms with Crippen molar-refractivity contribution in [3.05, 3.63) is 0 Å². The third-order valence-electron chi connectivity index (χ3n) is 6.94. The van der Waals surface area contributed by atoms with Crippen LogP contribution in [0.2, 0.25) is 0 Å². The molecule has 0 aromatic rings. The molecule has 0 bridgehead atoms. The van der Waals surface area contributed by atoms with Crippen LogP contribution in [0, 0.1) is 5.92 Å². The second-order valence-electron chi connectivity index (χ2n) is 10.1. The van der Waals surface area contributed by atoms with E-state index in [1.807, 2.05) is 13.8 Å². The third kappa shape index (κ3) is 6.83. The maximum atomic E-state index is 13.1. The molecule has 0 unspecified atom stereocenters. The van der Waals surface area contributed by atoms with E-state index < -0.39 is 66.1 Å². The Balaban J connectivity index is 1.59. The van der Waals surface area contributed by atoms with Crippen LogP contribution in [0.1, 0.15) is 58.8 Å². The van der Waals surface area contributed by atoms with Gasteiger partial charge in [0.25, 0.3) is 0 Å². The Morgan fingerprint density at radius 3 is 2.05 bits per heavy atom. The summed E-state index contributed by atoms with van der Waals surface area (Å²) in [5.41, 5.74) is 0. The van der Waals surface area contributed by atoms with Crippen molar-refractivity contribution in [1.82, 2.24) is 25.3 Å². The van der Waals surface area contributed by atoms with Crippen molar-refractivity contribution in [2.75, 3.05) is 26.2 Å². The van der Waals surface area contributed by atoms with E-state index in [4.69, 9.17) is 0 Å². The SMILES string of the molecule is CC(C)C[C@H](NC(=O)[C@@H]1CCCN1C(=O)CN1C(=O)CCC1=O)C(=O)NCC(=O)N1CCC[C@H]1C(=O)O. The van der Waals surface area contributed by atoms with Gasteiger partial charge in [-0.15, -0.1) is 0 Å². The summed E-state index contributed by atoms with van der Waals surface area (Å²) in [6.07, 6.45) is 2.28. The fraction of sp³-hybridized carbons (Fsp3) is 0.708. The van der Waals surface area contributed by atoms with Gasteiger partial charge in [-0.2, -0.15) is 0 Å². The van der Waals surface area contributed by atoms with Gasteiger partial charge in [-0.3, -0.25) is 33.7 Å². The van der Waals surface area contributed by atoms with Gasteiger partial charge < -0.3 is 25.5 Å². The summed E-state index contributed by atoms with van der Waals surface area (Å²) in [4.78, 5) is 89.9. The van der Waals surface area contributed by atoms with Gasteiger partial charge in [0.05, 0.1) is 6.54 Å². The van der Waals surface area contributed by atoms with Gasteiger partial charge >= 0.3 is 5.97 Å². The lowest BCUT2D eigenvalue weighted by molar-refractivity contribution is -0.148. The fourth-order valence-electron chi connectivity index (χ4n) is 5.04. The predicted molar refractivity (Wildman–Crippen MR) is 127 cm³/mol. The number of amides is 6. The Kier molecular flexibility index (Phi) is 9.22. The van der Waals surface area contributed by atoms with Crippen LogP contribution in [-0.4, -0.2) is 106 Å². The van der Waals surface area contributed by atoms with Crippen molar-refractivity contribution >= 4 is 41.4 Å². The summed E-state index contributed by atoms with van der Waals surface area (Å²) >= 11 is 0. The molecule has 37 heavy (non-hydrogen) atoms. The van der Waals surface area contributed by atoms with E-state index in [0.29, 0.717) is 38.8 Å². The topological polar surface area (TPSA) is 173 Å². The smallest absolute Gasteiger partial charge is 0.326 e. The molecule has 0 spiro atoms. The van der Waals surface area contributed by atoms with E-state index in [2.05, 4.69) is 10.6 Å². The molecule has 6 amide bonds. The molecule has 0 saturated carbocycles. The molecule has 0 aromatic carbocycles. The Hall–Kier alpha value is -3.51. The number of imide groups is 1. The second-order valence-corrected chi connectivity index (χ2v) is 10.1. The van der Waals surface area contributed by atoms with Crippen LogP contribution < -0.4 is 10.6 Å². The van der Waals surface area contributed by atoms with E-state index in [9.17, 15) is 38.7 Å². The van der Waals surface area contributed by atoms with Gasteiger partial charge in [0, 0.05) is 25.9 Å². The molecular formula is C24H35N5O8. The number of hydrogen-bond acceptors (Lipinski definition) is 7. The molecule has 3 saturated heterocycles. The maximum Gasteiger partial charge on any atom is 0.326 e. The van der Waals surface area contributed by atoms with Gasteiger partial charge in [0.1, 0.15) is 24.7 Å². The zero-order chi connectivity index (χ0) is 27.3. The van der Waals surface area contributed by atoms with Crippen molar-refractivity contribution in [3.63, 3.8) is 0 Å². The number of carbonyl (C=O) groups excluding carboxylic acids is 6. The van der Waals surface area contributed by atoms with E-state index in [1.54, 1.807) is 0 Å². The normalized spacial score (nSPS) is 22.5. The number of carbonyl (C=O) groups is 7. The highest BCUT2D eigenvalue weighted by Gasteiger charge is 2.39. The second kappa shape index (κ2) is 12.2. The average Bonchev–Trinajstić information content (AvgIpc) is 3.58. The molecule has 3 N–H and O–H groups in total. The Labute approximate surface area is 214 Å². The summed E-state index contributed by atoms with van der Waals surface area (Å²) in [7, 11) is 0. The number of nitrogens with one attached hydrogen (secondary N) is 2. The van der Waals surface area contributed by atoms with Crippen LogP contribution in [0.25, 0.3) is 0 Å². The average molecular weight is 522 g/mol. The molecule has 3 heterocycles. The summed E-state index contributed by atoms with van der Waals surface area (Å²) in [6, 6.07) is -2.72. The minimum absolute atomic E-state index is 0.0234. The summed E-state index contributed by atoms with van der Waals surface area (Å²) in [5.74, 6) is -4.00. The first kappa shape index (κ1) is 28.1. The van der Waals surface area contributed by atoms with Crippen LogP contribution in [0.3, 0.4) is 0 Å². The molecule has 13 heteroatoms. The zero-order valence-corrected chi connectivity index (χ0v) is 21.2. The quantitative estimate of drug-likeness (QED) is 0.302. The molecule has 0 aromatic heterocycles. The van der Waals surface area contributed by atoms with Crippen LogP contribution in [0.5, 0.6) is 0 Å². The van der Waals surface area contributed by atoms with Gasteiger partial charge in [-0.1, -0.05) is 13.8 Å².